The molecule has 1 aromatic heterocycles. The summed E-state index contributed by atoms with van der Waals surface area (Å²) in [4.78, 5) is 21.3. The first-order valence-electron chi connectivity index (χ1n) is 8.70. The molecule has 0 N–H and O–H groups in total. The number of amides is 1. The predicted octanol–water partition coefficient (Wildman–Crippen LogP) is 2.57. The third-order valence-corrected chi connectivity index (χ3v) is 5.16. The van der Waals surface area contributed by atoms with E-state index in [4.69, 9.17) is 4.74 Å². The minimum atomic E-state index is 0.119. The monoisotopic (exact) mass is 317 g/mol. The second-order valence-electron chi connectivity index (χ2n) is 6.80. The molecule has 0 spiro atoms. The molecule has 2 aliphatic rings. The van der Waals surface area contributed by atoms with Crippen molar-refractivity contribution in [3.05, 3.63) is 23.9 Å². The van der Waals surface area contributed by atoms with Gasteiger partial charge in [0.25, 0.3) is 5.91 Å². The minimum Gasteiger partial charge on any atom is -0.381 e. The molecule has 5 nitrogen and oxygen atoms in total. The van der Waals surface area contributed by atoms with Crippen molar-refractivity contribution in [3.8, 4) is 0 Å². The molecule has 2 aliphatic heterocycles. The Hall–Kier alpha value is -1.62. The van der Waals surface area contributed by atoms with Gasteiger partial charge in [-0.15, -0.1) is 0 Å². The molecule has 3 rings (SSSR count). The Balaban J connectivity index is 1.60. The lowest BCUT2D eigenvalue weighted by atomic mass is 9.99. The van der Waals surface area contributed by atoms with Crippen LogP contribution in [0.4, 0.5) is 5.82 Å². The van der Waals surface area contributed by atoms with Crippen LogP contribution in [0.5, 0.6) is 0 Å². The van der Waals surface area contributed by atoms with Gasteiger partial charge in [0.1, 0.15) is 5.82 Å². The van der Waals surface area contributed by atoms with E-state index in [-0.39, 0.29) is 5.91 Å². The van der Waals surface area contributed by atoms with Crippen molar-refractivity contribution in [2.45, 2.75) is 38.7 Å². The molecule has 2 fully saturated rings. The van der Waals surface area contributed by atoms with Gasteiger partial charge in [0.05, 0.1) is 11.7 Å². The third kappa shape index (κ3) is 3.83. The van der Waals surface area contributed by atoms with Crippen molar-refractivity contribution < 1.29 is 9.53 Å². The zero-order chi connectivity index (χ0) is 16.2. The van der Waals surface area contributed by atoms with Crippen molar-refractivity contribution in [2.75, 3.05) is 38.2 Å². The summed E-state index contributed by atoms with van der Waals surface area (Å²) in [7, 11) is 1.78. The van der Waals surface area contributed by atoms with Crippen LogP contribution >= 0.6 is 0 Å². The molecule has 3 heterocycles. The van der Waals surface area contributed by atoms with Gasteiger partial charge < -0.3 is 14.5 Å². The number of rotatable bonds is 3. The highest BCUT2D eigenvalue weighted by Crippen LogP contribution is 2.21. The van der Waals surface area contributed by atoms with Gasteiger partial charge in [-0.3, -0.25) is 4.79 Å². The fourth-order valence-electron chi connectivity index (χ4n) is 3.41. The third-order valence-electron chi connectivity index (χ3n) is 5.16. The van der Waals surface area contributed by atoms with Gasteiger partial charge in [0, 0.05) is 39.5 Å². The van der Waals surface area contributed by atoms with Crippen molar-refractivity contribution in [1.82, 2.24) is 9.88 Å². The first-order chi connectivity index (χ1) is 11.2. The first kappa shape index (κ1) is 16.2. The number of hydrogen-bond acceptors (Lipinski definition) is 4. The van der Waals surface area contributed by atoms with E-state index in [1.807, 2.05) is 17.0 Å². The smallest absolute Gasteiger partial charge is 0.255 e. The lowest BCUT2D eigenvalue weighted by Gasteiger charge is -2.32. The summed E-state index contributed by atoms with van der Waals surface area (Å²) >= 11 is 0. The number of ether oxygens (including phenoxy) is 1. The van der Waals surface area contributed by atoms with E-state index in [1.165, 1.54) is 0 Å². The Morgan fingerprint density at radius 1 is 1.13 bits per heavy atom. The molecular weight excluding hydrogens is 290 g/mol. The van der Waals surface area contributed by atoms with Gasteiger partial charge in [-0.25, -0.2) is 4.98 Å². The van der Waals surface area contributed by atoms with Crippen molar-refractivity contribution in [2.24, 2.45) is 5.92 Å². The van der Waals surface area contributed by atoms with Gasteiger partial charge in [-0.05, 0) is 43.7 Å². The Morgan fingerprint density at radius 2 is 1.83 bits per heavy atom. The predicted molar refractivity (Wildman–Crippen MR) is 90.8 cm³/mol. The van der Waals surface area contributed by atoms with Crippen molar-refractivity contribution in [1.29, 1.82) is 0 Å². The molecule has 0 aromatic carbocycles. The molecule has 0 aliphatic carbocycles. The summed E-state index contributed by atoms with van der Waals surface area (Å²) in [5, 5.41) is 0. The maximum absolute atomic E-state index is 12.5. The van der Waals surface area contributed by atoms with Crippen LogP contribution in [0.25, 0.3) is 0 Å². The summed E-state index contributed by atoms with van der Waals surface area (Å²) in [6.07, 6.45) is 6.37. The summed E-state index contributed by atoms with van der Waals surface area (Å²) in [5.41, 5.74) is 0.704. The van der Waals surface area contributed by atoms with Gasteiger partial charge in [-0.1, -0.05) is 6.92 Å². The second-order valence-corrected chi connectivity index (χ2v) is 6.80. The van der Waals surface area contributed by atoms with Crippen LogP contribution in [0.1, 0.15) is 43.0 Å². The molecule has 5 heteroatoms. The number of piperidine rings is 2. The van der Waals surface area contributed by atoms with E-state index >= 15 is 0 Å². The van der Waals surface area contributed by atoms with E-state index in [9.17, 15) is 4.79 Å². The number of carbonyl (C=O) groups is 1. The highest BCUT2D eigenvalue weighted by molar-refractivity contribution is 5.94. The van der Waals surface area contributed by atoms with Gasteiger partial charge in [-0.2, -0.15) is 0 Å². The van der Waals surface area contributed by atoms with Gasteiger partial charge >= 0.3 is 0 Å². The topological polar surface area (TPSA) is 45.7 Å². The van der Waals surface area contributed by atoms with E-state index in [0.29, 0.717) is 11.7 Å². The number of methoxy groups -OCH3 is 1. The molecular formula is C18H27N3O2. The highest BCUT2D eigenvalue weighted by atomic mass is 16.5. The molecule has 2 saturated heterocycles. The van der Waals surface area contributed by atoms with Crippen LogP contribution in [0.3, 0.4) is 0 Å². The maximum Gasteiger partial charge on any atom is 0.255 e. The van der Waals surface area contributed by atoms with Crippen molar-refractivity contribution in [3.63, 3.8) is 0 Å². The molecule has 1 aromatic rings. The summed E-state index contributed by atoms with van der Waals surface area (Å²) in [5.74, 6) is 1.81. The van der Waals surface area contributed by atoms with Crippen LogP contribution < -0.4 is 4.90 Å². The van der Waals surface area contributed by atoms with E-state index in [2.05, 4.69) is 16.8 Å². The largest absolute Gasteiger partial charge is 0.381 e. The Bertz CT molecular complexity index is 516. The van der Waals surface area contributed by atoms with Gasteiger partial charge in [0.15, 0.2) is 0 Å². The zero-order valence-electron chi connectivity index (χ0n) is 14.2. The van der Waals surface area contributed by atoms with Crippen LogP contribution in [0, 0.1) is 5.92 Å². The molecule has 23 heavy (non-hydrogen) atoms. The van der Waals surface area contributed by atoms with Crippen LogP contribution in [-0.4, -0.2) is 55.2 Å². The summed E-state index contributed by atoms with van der Waals surface area (Å²) < 4.78 is 5.40. The lowest BCUT2D eigenvalue weighted by molar-refractivity contribution is 0.0697. The van der Waals surface area contributed by atoms with Crippen molar-refractivity contribution >= 4 is 11.7 Å². The number of aromatic nitrogens is 1. The molecule has 0 bridgehead atoms. The first-order valence-corrected chi connectivity index (χ1v) is 8.70. The number of anilines is 1. The zero-order valence-corrected chi connectivity index (χ0v) is 14.2. The molecule has 1 amide bonds. The van der Waals surface area contributed by atoms with Crippen LogP contribution in [0.2, 0.25) is 0 Å². The van der Waals surface area contributed by atoms with E-state index < -0.39 is 0 Å². The fraction of sp³-hybridized carbons (Fsp3) is 0.667. The molecule has 0 atom stereocenters. The number of likely N-dealkylation sites (tertiary alicyclic amines) is 1. The summed E-state index contributed by atoms with van der Waals surface area (Å²) in [6.45, 7) is 5.91. The average Bonchev–Trinajstić information content (AvgIpc) is 2.62. The van der Waals surface area contributed by atoms with E-state index in [1.54, 1.807) is 13.3 Å². The molecule has 0 unspecified atom stereocenters. The number of carbonyl (C=O) groups excluding carboxylic acids is 1. The average molecular weight is 317 g/mol. The SMILES string of the molecule is COC1CCN(c2ccc(C(=O)N3CCC(C)CC3)cn2)CC1. The quantitative estimate of drug-likeness (QED) is 0.859. The van der Waals surface area contributed by atoms with Crippen LogP contribution in [0.15, 0.2) is 18.3 Å². The normalized spacial score (nSPS) is 20.8. The molecule has 0 saturated carbocycles. The van der Waals surface area contributed by atoms with Crippen LogP contribution in [-0.2, 0) is 4.74 Å². The standard InChI is InChI=1S/C18H27N3O2/c1-14-5-9-21(10-6-14)18(22)15-3-4-17(19-13-15)20-11-7-16(23-2)8-12-20/h3-4,13-14,16H,5-12H2,1-2H3. The maximum atomic E-state index is 12.5. The second kappa shape index (κ2) is 7.30. The molecule has 126 valence electrons. The fourth-order valence-corrected chi connectivity index (χ4v) is 3.41. The Morgan fingerprint density at radius 3 is 2.39 bits per heavy atom. The number of pyridine rings is 1. The Kier molecular flexibility index (Phi) is 5.16. The van der Waals surface area contributed by atoms with Gasteiger partial charge in [0.2, 0.25) is 0 Å². The number of nitrogens with zero attached hydrogens (tertiary/aromatic N) is 3. The van der Waals surface area contributed by atoms with E-state index in [0.717, 1.165) is 63.6 Å². The molecule has 0 radical (unpaired) electrons. The minimum absolute atomic E-state index is 0.119. The number of hydrogen-bond donors (Lipinski definition) is 0. The Labute approximate surface area is 138 Å². The summed E-state index contributed by atoms with van der Waals surface area (Å²) in [6, 6.07) is 3.90. The lowest BCUT2D eigenvalue weighted by Crippen LogP contribution is -2.38. The highest BCUT2D eigenvalue weighted by Gasteiger charge is 2.23.